The highest BCUT2D eigenvalue weighted by atomic mass is 16.5. The van der Waals surface area contributed by atoms with Gasteiger partial charge in [0.15, 0.2) is 5.82 Å². The first-order valence-electron chi connectivity index (χ1n) is 10.2. The van der Waals surface area contributed by atoms with Crippen LogP contribution in [0.1, 0.15) is 85.6 Å². The molecule has 0 N–H and O–H groups in total. The van der Waals surface area contributed by atoms with Gasteiger partial charge >= 0.3 is 0 Å². The van der Waals surface area contributed by atoms with Gasteiger partial charge in [-0.3, -0.25) is 0 Å². The highest BCUT2D eigenvalue weighted by Crippen LogP contribution is 2.31. The highest BCUT2D eigenvalue weighted by Gasteiger charge is 2.26. The van der Waals surface area contributed by atoms with Gasteiger partial charge in [-0.25, -0.2) is 9.67 Å². The Morgan fingerprint density at radius 3 is 2.46 bits per heavy atom. The third kappa shape index (κ3) is 3.70. The predicted octanol–water partition coefficient (Wildman–Crippen LogP) is 4.07. The summed E-state index contributed by atoms with van der Waals surface area (Å²) in [5, 5.41) is 9.10. The Kier molecular flexibility index (Phi) is 5.38. The number of hydrogen-bond acceptors (Lipinski definition) is 5. The summed E-state index contributed by atoms with van der Waals surface area (Å²) in [5.41, 5.74) is 2.21. The molecule has 0 atom stereocenters. The van der Waals surface area contributed by atoms with E-state index >= 15 is 0 Å². The summed E-state index contributed by atoms with van der Waals surface area (Å²) in [5.74, 6) is 3.55. The van der Waals surface area contributed by atoms with Crippen molar-refractivity contribution < 1.29 is 9.26 Å². The van der Waals surface area contributed by atoms with Gasteiger partial charge in [-0.1, -0.05) is 24.4 Å². The molecule has 2 aliphatic rings. The van der Waals surface area contributed by atoms with Crippen LogP contribution < -0.4 is 0 Å². The van der Waals surface area contributed by atoms with E-state index in [1.165, 1.54) is 37.7 Å². The molecular weight excluding hydrogens is 328 g/mol. The zero-order valence-electron chi connectivity index (χ0n) is 16.0. The van der Waals surface area contributed by atoms with E-state index in [-0.39, 0.29) is 0 Å². The lowest BCUT2D eigenvalue weighted by Crippen LogP contribution is -2.18. The molecule has 0 bridgehead atoms. The zero-order valence-corrected chi connectivity index (χ0v) is 16.0. The molecule has 0 amide bonds. The molecule has 0 aromatic carbocycles. The molecular formula is C20H30N4O2. The minimum Gasteiger partial charge on any atom is -0.381 e. The molecule has 3 heterocycles. The fraction of sp³-hybridized carbons (Fsp3) is 0.750. The molecule has 1 saturated heterocycles. The van der Waals surface area contributed by atoms with Gasteiger partial charge < -0.3 is 9.26 Å². The molecule has 1 aliphatic heterocycles. The minimum atomic E-state index is 0.450. The maximum atomic E-state index is 5.52. The number of ether oxygens (including phenoxy) is 1. The van der Waals surface area contributed by atoms with Gasteiger partial charge in [-0.05, 0) is 46.0 Å². The summed E-state index contributed by atoms with van der Waals surface area (Å²) in [4.78, 5) is 5.01. The summed E-state index contributed by atoms with van der Waals surface area (Å²) in [7, 11) is 0. The van der Waals surface area contributed by atoms with E-state index in [9.17, 15) is 0 Å². The SMILES string of the molecule is Cc1noc(C)c1CCc1nc(C2CCOCC2)nn1C1CCCCC1. The van der Waals surface area contributed by atoms with Crippen LogP contribution in [-0.4, -0.2) is 33.1 Å². The van der Waals surface area contributed by atoms with Crippen LogP contribution in [-0.2, 0) is 17.6 Å². The second-order valence-corrected chi connectivity index (χ2v) is 7.81. The summed E-state index contributed by atoms with van der Waals surface area (Å²) in [6, 6.07) is 0.518. The second-order valence-electron chi connectivity index (χ2n) is 7.81. The van der Waals surface area contributed by atoms with Gasteiger partial charge in [0.1, 0.15) is 11.6 Å². The van der Waals surface area contributed by atoms with Crippen LogP contribution >= 0.6 is 0 Å². The molecule has 142 valence electrons. The van der Waals surface area contributed by atoms with Crippen LogP contribution in [0, 0.1) is 13.8 Å². The lowest BCUT2D eigenvalue weighted by molar-refractivity contribution is 0.0834. The van der Waals surface area contributed by atoms with Crippen molar-refractivity contribution in [1.82, 2.24) is 19.9 Å². The molecule has 1 saturated carbocycles. The second kappa shape index (κ2) is 7.91. The average molecular weight is 358 g/mol. The number of aryl methyl sites for hydroxylation is 3. The van der Waals surface area contributed by atoms with Crippen molar-refractivity contribution in [1.29, 1.82) is 0 Å². The van der Waals surface area contributed by atoms with Crippen molar-refractivity contribution >= 4 is 0 Å². The van der Waals surface area contributed by atoms with E-state index in [4.69, 9.17) is 19.3 Å². The van der Waals surface area contributed by atoms with Crippen molar-refractivity contribution in [2.75, 3.05) is 13.2 Å². The Morgan fingerprint density at radius 1 is 1.00 bits per heavy atom. The van der Waals surface area contributed by atoms with Crippen molar-refractivity contribution in [3.63, 3.8) is 0 Å². The van der Waals surface area contributed by atoms with E-state index in [0.717, 1.165) is 62.0 Å². The normalized spacial score (nSPS) is 19.9. The van der Waals surface area contributed by atoms with E-state index < -0.39 is 0 Å². The quantitative estimate of drug-likeness (QED) is 0.806. The van der Waals surface area contributed by atoms with Crippen LogP contribution in [0.2, 0.25) is 0 Å². The Bertz CT molecular complexity index is 705. The van der Waals surface area contributed by atoms with Crippen LogP contribution in [0.5, 0.6) is 0 Å². The lowest BCUT2D eigenvalue weighted by atomic mass is 9.95. The lowest BCUT2D eigenvalue weighted by Gasteiger charge is -2.23. The number of hydrogen-bond donors (Lipinski definition) is 0. The molecule has 0 spiro atoms. The van der Waals surface area contributed by atoms with Crippen LogP contribution in [0.25, 0.3) is 0 Å². The van der Waals surface area contributed by atoms with E-state index in [1.54, 1.807) is 0 Å². The van der Waals surface area contributed by atoms with Gasteiger partial charge in [0.2, 0.25) is 0 Å². The fourth-order valence-electron chi connectivity index (χ4n) is 4.39. The van der Waals surface area contributed by atoms with Crippen LogP contribution in [0.3, 0.4) is 0 Å². The van der Waals surface area contributed by atoms with E-state index in [0.29, 0.717) is 12.0 Å². The third-order valence-electron chi connectivity index (χ3n) is 6.01. The number of nitrogens with zero attached hydrogens (tertiary/aromatic N) is 4. The molecule has 1 aliphatic carbocycles. The first kappa shape index (κ1) is 17.7. The van der Waals surface area contributed by atoms with Gasteiger partial charge in [0.25, 0.3) is 0 Å². The van der Waals surface area contributed by atoms with Crippen molar-refractivity contribution in [3.8, 4) is 0 Å². The van der Waals surface area contributed by atoms with E-state index in [2.05, 4.69) is 9.84 Å². The average Bonchev–Trinajstić information content (AvgIpc) is 3.25. The molecule has 0 radical (unpaired) electrons. The van der Waals surface area contributed by atoms with Gasteiger partial charge in [0.05, 0.1) is 11.7 Å². The minimum absolute atomic E-state index is 0.450. The molecule has 2 fully saturated rings. The first-order valence-corrected chi connectivity index (χ1v) is 10.2. The van der Waals surface area contributed by atoms with Crippen molar-refractivity contribution in [2.45, 2.75) is 83.6 Å². The van der Waals surface area contributed by atoms with Gasteiger partial charge in [-0.15, -0.1) is 0 Å². The maximum Gasteiger partial charge on any atom is 0.154 e. The summed E-state index contributed by atoms with van der Waals surface area (Å²) in [6.45, 7) is 5.67. The molecule has 6 nitrogen and oxygen atoms in total. The third-order valence-corrected chi connectivity index (χ3v) is 6.01. The van der Waals surface area contributed by atoms with Gasteiger partial charge in [-0.2, -0.15) is 5.10 Å². The maximum absolute atomic E-state index is 5.52. The van der Waals surface area contributed by atoms with E-state index in [1.807, 2.05) is 13.8 Å². The summed E-state index contributed by atoms with van der Waals surface area (Å²) < 4.78 is 13.1. The molecule has 2 aromatic rings. The van der Waals surface area contributed by atoms with Gasteiger partial charge in [0, 0.05) is 31.1 Å². The Balaban J connectivity index is 1.57. The zero-order chi connectivity index (χ0) is 17.9. The highest BCUT2D eigenvalue weighted by molar-refractivity contribution is 5.21. The largest absolute Gasteiger partial charge is 0.381 e. The summed E-state index contributed by atoms with van der Waals surface area (Å²) >= 11 is 0. The molecule has 2 aromatic heterocycles. The van der Waals surface area contributed by atoms with Crippen LogP contribution in [0.4, 0.5) is 0 Å². The smallest absolute Gasteiger partial charge is 0.154 e. The van der Waals surface area contributed by atoms with Crippen molar-refractivity contribution in [3.05, 3.63) is 28.7 Å². The van der Waals surface area contributed by atoms with Crippen molar-refractivity contribution in [2.24, 2.45) is 0 Å². The summed E-state index contributed by atoms with van der Waals surface area (Å²) in [6.07, 6.45) is 10.3. The Morgan fingerprint density at radius 2 is 1.77 bits per heavy atom. The molecule has 26 heavy (non-hydrogen) atoms. The van der Waals surface area contributed by atoms with Crippen LogP contribution in [0.15, 0.2) is 4.52 Å². The molecule has 4 rings (SSSR count). The topological polar surface area (TPSA) is 66.0 Å². The Labute approximate surface area is 155 Å². The first-order chi connectivity index (χ1) is 12.7. The predicted molar refractivity (Wildman–Crippen MR) is 98.3 cm³/mol. The monoisotopic (exact) mass is 358 g/mol. The number of aromatic nitrogens is 4. The number of rotatable bonds is 5. The fourth-order valence-corrected chi connectivity index (χ4v) is 4.39. The molecule has 0 unspecified atom stereocenters. The molecule has 6 heteroatoms. The standard InChI is InChI=1S/C20H30N4O2/c1-14-18(15(2)26-23-14)8-9-19-21-20(16-10-12-25-13-11-16)22-24(19)17-6-4-3-5-7-17/h16-17H,3-13H2,1-2H3. The Hall–Kier alpha value is -1.69.